The Bertz CT molecular complexity index is 560. The van der Waals surface area contributed by atoms with Crippen molar-refractivity contribution in [1.29, 1.82) is 0 Å². The van der Waals surface area contributed by atoms with Crippen LogP contribution in [0.4, 0.5) is 5.82 Å². The van der Waals surface area contributed by atoms with E-state index in [0.29, 0.717) is 17.2 Å². The average molecular weight is 247 g/mol. The lowest BCUT2D eigenvalue weighted by Gasteiger charge is -2.05. The number of carbonyl (C=O) groups excluding carboxylic acids is 1. The highest BCUT2D eigenvalue weighted by Gasteiger charge is 2.14. The van der Waals surface area contributed by atoms with Crippen molar-refractivity contribution in [3.05, 3.63) is 36.0 Å². The Morgan fingerprint density at radius 1 is 1.28 bits per heavy atom. The molecule has 2 aromatic rings. The molecular weight excluding hydrogens is 234 g/mol. The molecule has 94 valence electrons. The minimum atomic E-state index is -0.508. The summed E-state index contributed by atoms with van der Waals surface area (Å²) in [6.45, 7) is 0. The Hall–Kier alpha value is -2.50. The maximum absolute atomic E-state index is 11.8. The van der Waals surface area contributed by atoms with Crippen molar-refractivity contribution in [3.8, 4) is 11.5 Å². The van der Waals surface area contributed by atoms with Crippen molar-refractivity contribution in [2.45, 2.75) is 0 Å². The Morgan fingerprint density at radius 2 is 1.89 bits per heavy atom. The van der Waals surface area contributed by atoms with Gasteiger partial charge in [-0.2, -0.15) is 5.10 Å². The van der Waals surface area contributed by atoms with Gasteiger partial charge in [0.05, 0.1) is 7.11 Å². The molecule has 0 fully saturated rings. The highest BCUT2D eigenvalue weighted by atomic mass is 16.5. The van der Waals surface area contributed by atoms with Crippen LogP contribution in [0.3, 0.4) is 0 Å². The van der Waals surface area contributed by atoms with Gasteiger partial charge in [0.15, 0.2) is 0 Å². The normalized spacial score (nSPS) is 10.1. The Morgan fingerprint density at radius 3 is 2.39 bits per heavy atom. The van der Waals surface area contributed by atoms with E-state index in [1.54, 1.807) is 38.4 Å². The number of benzene rings is 1. The standard InChI is InChI=1S/C12H13N3O3/c1-15-10(7-11(13)14-15)12(16)18-9-5-3-8(17-2)4-6-9/h3-7H,1-2H3,(H2,13,14). The molecule has 1 aromatic carbocycles. The summed E-state index contributed by atoms with van der Waals surface area (Å²) in [5.41, 5.74) is 5.79. The molecule has 1 heterocycles. The van der Waals surface area contributed by atoms with Crippen LogP contribution in [0.15, 0.2) is 30.3 Å². The summed E-state index contributed by atoms with van der Waals surface area (Å²) >= 11 is 0. The van der Waals surface area contributed by atoms with Crippen LogP contribution in [-0.4, -0.2) is 22.9 Å². The lowest BCUT2D eigenvalue weighted by atomic mass is 10.3. The number of carbonyl (C=O) groups is 1. The molecular formula is C12H13N3O3. The van der Waals surface area contributed by atoms with E-state index in [1.165, 1.54) is 10.7 Å². The molecule has 0 saturated carbocycles. The fourth-order valence-corrected chi connectivity index (χ4v) is 1.48. The van der Waals surface area contributed by atoms with Crippen LogP contribution in [0.5, 0.6) is 11.5 Å². The summed E-state index contributed by atoms with van der Waals surface area (Å²) in [4.78, 5) is 11.8. The molecule has 0 saturated heterocycles. The summed E-state index contributed by atoms with van der Waals surface area (Å²) in [6, 6.07) is 8.18. The van der Waals surface area contributed by atoms with E-state index in [9.17, 15) is 4.79 Å². The average Bonchev–Trinajstić information content (AvgIpc) is 2.69. The van der Waals surface area contributed by atoms with Gasteiger partial charge in [-0.15, -0.1) is 0 Å². The molecule has 18 heavy (non-hydrogen) atoms. The predicted octanol–water partition coefficient (Wildman–Crippen LogP) is 1.23. The van der Waals surface area contributed by atoms with Crippen molar-refractivity contribution >= 4 is 11.8 Å². The summed E-state index contributed by atoms with van der Waals surface area (Å²) in [6.07, 6.45) is 0. The first-order chi connectivity index (χ1) is 8.60. The fourth-order valence-electron chi connectivity index (χ4n) is 1.48. The van der Waals surface area contributed by atoms with E-state index in [0.717, 1.165) is 0 Å². The molecule has 6 nitrogen and oxygen atoms in total. The number of nitrogens with zero attached hydrogens (tertiary/aromatic N) is 2. The van der Waals surface area contributed by atoms with Crippen molar-refractivity contribution in [2.75, 3.05) is 12.8 Å². The lowest BCUT2D eigenvalue weighted by Crippen LogP contribution is -2.13. The van der Waals surface area contributed by atoms with Gasteiger partial charge in [-0.3, -0.25) is 4.68 Å². The van der Waals surface area contributed by atoms with E-state index < -0.39 is 5.97 Å². The third kappa shape index (κ3) is 2.42. The van der Waals surface area contributed by atoms with Crippen LogP contribution >= 0.6 is 0 Å². The van der Waals surface area contributed by atoms with Crippen molar-refractivity contribution in [2.24, 2.45) is 7.05 Å². The fraction of sp³-hybridized carbons (Fsp3) is 0.167. The quantitative estimate of drug-likeness (QED) is 0.651. The van der Waals surface area contributed by atoms with Gasteiger partial charge in [-0.05, 0) is 24.3 Å². The lowest BCUT2D eigenvalue weighted by molar-refractivity contribution is 0.0723. The molecule has 2 N–H and O–H groups in total. The Kier molecular flexibility index (Phi) is 3.18. The maximum Gasteiger partial charge on any atom is 0.362 e. The van der Waals surface area contributed by atoms with E-state index in [1.807, 2.05) is 0 Å². The first-order valence-corrected chi connectivity index (χ1v) is 5.26. The summed E-state index contributed by atoms with van der Waals surface area (Å²) in [5.74, 6) is 0.895. The van der Waals surface area contributed by atoms with Gasteiger partial charge < -0.3 is 15.2 Å². The predicted molar refractivity (Wildman–Crippen MR) is 65.6 cm³/mol. The van der Waals surface area contributed by atoms with Gasteiger partial charge in [0.2, 0.25) is 0 Å². The van der Waals surface area contributed by atoms with Crippen molar-refractivity contribution < 1.29 is 14.3 Å². The van der Waals surface area contributed by atoms with E-state index in [2.05, 4.69) is 5.10 Å². The Balaban J connectivity index is 2.13. The molecule has 6 heteroatoms. The van der Waals surface area contributed by atoms with Gasteiger partial charge in [0.25, 0.3) is 0 Å². The number of rotatable bonds is 3. The molecule has 1 aromatic heterocycles. The number of hydrogen-bond donors (Lipinski definition) is 1. The number of anilines is 1. The smallest absolute Gasteiger partial charge is 0.362 e. The van der Waals surface area contributed by atoms with Crippen LogP contribution in [0.25, 0.3) is 0 Å². The molecule has 2 rings (SSSR count). The van der Waals surface area contributed by atoms with Crippen LogP contribution in [0.1, 0.15) is 10.5 Å². The highest BCUT2D eigenvalue weighted by molar-refractivity contribution is 5.90. The molecule has 0 unspecified atom stereocenters. The monoisotopic (exact) mass is 247 g/mol. The van der Waals surface area contributed by atoms with Gasteiger partial charge in [-0.1, -0.05) is 0 Å². The topological polar surface area (TPSA) is 79.4 Å². The molecule has 0 atom stereocenters. The highest BCUT2D eigenvalue weighted by Crippen LogP contribution is 2.18. The minimum absolute atomic E-state index is 0.277. The second-order valence-electron chi connectivity index (χ2n) is 3.64. The number of aromatic nitrogens is 2. The number of esters is 1. The number of nitrogens with two attached hydrogens (primary N) is 1. The van der Waals surface area contributed by atoms with E-state index >= 15 is 0 Å². The summed E-state index contributed by atoms with van der Waals surface area (Å²) in [5, 5.41) is 3.87. The van der Waals surface area contributed by atoms with Gasteiger partial charge >= 0.3 is 5.97 Å². The zero-order chi connectivity index (χ0) is 13.1. The zero-order valence-corrected chi connectivity index (χ0v) is 10.1. The van der Waals surface area contributed by atoms with Crippen molar-refractivity contribution in [3.63, 3.8) is 0 Å². The number of hydrogen-bond acceptors (Lipinski definition) is 5. The van der Waals surface area contributed by atoms with Crippen molar-refractivity contribution in [1.82, 2.24) is 9.78 Å². The first kappa shape index (κ1) is 12.0. The molecule has 0 aliphatic rings. The molecule has 0 aliphatic heterocycles. The van der Waals surface area contributed by atoms with Crippen LogP contribution < -0.4 is 15.2 Å². The number of aryl methyl sites for hydroxylation is 1. The van der Waals surface area contributed by atoms with Crippen LogP contribution in [0, 0.1) is 0 Å². The number of methoxy groups -OCH3 is 1. The number of nitrogen functional groups attached to an aromatic ring is 1. The molecule has 0 radical (unpaired) electrons. The van der Waals surface area contributed by atoms with Crippen LogP contribution in [0.2, 0.25) is 0 Å². The summed E-state index contributed by atoms with van der Waals surface area (Å²) < 4.78 is 11.6. The van der Waals surface area contributed by atoms with Gasteiger partial charge in [0.1, 0.15) is 23.0 Å². The molecule has 0 amide bonds. The minimum Gasteiger partial charge on any atom is -0.497 e. The number of ether oxygens (including phenoxy) is 2. The molecule has 0 aliphatic carbocycles. The second-order valence-corrected chi connectivity index (χ2v) is 3.64. The third-order valence-corrected chi connectivity index (χ3v) is 2.38. The van der Waals surface area contributed by atoms with E-state index in [4.69, 9.17) is 15.2 Å². The maximum atomic E-state index is 11.8. The van der Waals surface area contributed by atoms with Crippen LogP contribution in [-0.2, 0) is 7.05 Å². The van der Waals surface area contributed by atoms with Gasteiger partial charge in [-0.25, -0.2) is 4.79 Å². The SMILES string of the molecule is COc1ccc(OC(=O)c2cc(N)nn2C)cc1. The van der Waals surface area contributed by atoms with Gasteiger partial charge in [0, 0.05) is 13.1 Å². The first-order valence-electron chi connectivity index (χ1n) is 5.26. The largest absolute Gasteiger partial charge is 0.497 e. The third-order valence-electron chi connectivity index (χ3n) is 2.38. The molecule has 0 spiro atoms. The molecule has 0 bridgehead atoms. The zero-order valence-electron chi connectivity index (χ0n) is 10.1. The second kappa shape index (κ2) is 4.79. The summed E-state index contributed by atoms with van der Waals surface area (Å²) in [7, 11) is 3.19. The van der Waals surface area contributed by atoms with E-state index in [-0.39, 0.29) is 5.82 Å². The Labute approximate surface area is 104 Å².